The molecule has 7 heteroatoms. The second-order valence-corrected chi connectivity index (χ2v) is 6.94. The molecule has 1 N–H and O–H groups in total. The van der Waals surface area contributed by atoms with Crippen molar-refractivity contribution in [2.24, 2.45) is 5.92 Å². The molecule has 19 heavy (non-hydrogen) atoms. The fraction of sp³-hybridized carbons (Fsp3) is 0.417. The van der Waals surface area contributed by atoms with Gasteiger partial charge in [0.05, 0.1) is 4.90 Å². The summed E-state index contributed by atoms with van der Waals surface area (Å²) in [6.07, 6.45) is 0.589. The molecule has 104 valence electrons. The quantitative estimate of drug-likeness (QED) is 0.921. The maximum atomic E-state index is 12.3. The molecule has 1 aliphatic heterocycles. The molecular weight excluding hydrogens is 290 g/mol. The van der Waals surface area contributed by atoms with E-state index in [2.05, 4.69) is 0 Å². The van der Waals surface area contributed by atoms with Crippen molar-refractivity contribution in [3.63, 3.8) is 0 Å². The third-order valence-electron chi connectivity index (χ3n) is 3.16. The van der Waals surface area contributed by atoms with E-state index in [0.29, 0.717) is 18.0 Å². The molecule has 5 nitrogen and oxygen atoms in total. The van der Waals surface area contributed by atoms with Gasteiger partial charge in [-0.05, 0) is 36.6 Å². The molecule has 1 fully saturated rings. The van der Waals surface area contributed by atoms with Crippen LogP contribution in [0.2, 0.25) is 5.02 Å². The van der Waals surface area contributed by atoms with E-state index in [9.17, 15) is 13.2 Å². The SMILES string of the molecule is O=C(O)CC1CCN(S(=O)(=O)c2ccc(Cl)cc2)C1. The minimum atomic E-state index is -3.54. The number of aliphatic carboxylic acids is 1. The Bertz CT molecular complexity index is 570. The molecule has 1 heterocycles. The number of carboxylic acids is 1. The first kappa shape index (κ1) is 14.3. The normalized spacial score (nSPS) is 20.6. The second kappa shape index (κ2) is 5.48. The van der Waals surface area contributed by atoms with Crippen molar-refractivity contribution in [1.29, 1.82) is 0 Å². The number of rotatable bonds is 4. The van der Waals surface area contributed by atoms with Gasteiger partial charge in [-0.3, -0.25) is 4.79 Å². The van der Waals surface area contributed by atoms with Crippen molar-refractivity contribution in [2.45, 2.75) is 17.7 Å². The summed E-state index contributed by atoms with van der Waals surface area (Å²) in [5.41, 5.74) is 0. The number of hydrogen-bond acceptors (Lipinski definition) is 3. The van der Waals surface area contributed by atoms with Gasteiger partial charge in [0.2, 0.25) is 10.0 Å². The maximum absolute atomic E-state index is 12.3. The smallest absolute Gasteiger partial charge is 0.303 e. The van der Waals surface area contributed by atoms with Gasteiger partial charge >= 0.3 is 5.97 Å². The van der Waals surface area contributed by atoms with E-state index in [1.807, 2.05) is 0 Å². The van der Waals surface area contributed by atoms with Gasteiger partial charge in [-0.2, -0.15) is 4.31 Å². The molecule has 1 saturated heterocycles. The third-order valence-corrected chi connectivity index (χ3v) is 5.29. The van der Waals surface area contributed by atoms with Crippen LogP contribution in [0.25, 0.3) is 0 Å². The van der Waals surface area contributed by atoms with Gasteiger partial charge in [-0.1, -0.05) is 11.6 Å². The van der Waals surface area contributed by atoms with E-state index >= 15 is 0 Å². The molecule has 0 radical (unpaired) electrons. The highest BCUT2D eigenvalue weighted by Gasteiger charge is 2.33. The first-order valence-electron chi connectivity index (χ1n) is 5.87. The number of nitrogens with zero attached hydrogens (tertiary/aromatic N) is 1. The lowest BCUT2D eigenvalue weighted by Crippen LogP contribution is -2.29. The Hall–Kier alpha value is -1.11. The lowest BCUT2D eigenvalue weighted by Gasteiger charge is -2.16. The zero-order chi connectivity index (χ0) is 14.0. The van der Waals surface area contributed by atoms with Crippen LogP contribution in [0.3, 0.4) is 0 Å². The molecule has 2 rings (SSSR count). The molecule has 0 spiro atoms. The Balaban J connectivity index is 2.13. The molecule has 0 saturated carbocycles. The summed E-state index contributed by atoms with van der Waals surface area (Å²) in [7, 11) is -3.54. The van der Waals surface area contributed by atoms with Gasteiger partial charge in [0.1, 0.15) is 0 Å². The molecule has 1 aromatic rings. The number of hydrogen-bond donors (Lipinski definition) is 1. The van der Waals surface area contributed by atoms with E-state index in [1.54, 1.807) is 0 Å². The van der Waals surface area contributed by atoms with Gasteiger partial charge in [-0.15, -0.1) is 0 Å². The summed E-state index contributed by atoms with van der Waals surface area (Å²) >= 11 is 5.73. The van der Waals surface area contributed by atoms with E-state index in [1.165, 1.54) is 28.6 Å². The predicted molar refractivity (Wildman–Crippen MR) is 70.6 cm³/mol. The molecule has 1 aromatic carbocycles. The fourth-order valence-electron chi connectivity index (χ4n) is 2.18. The molecule has 0 bridgehead atoms. The lowest BCUT2D eigenvalue weighted by molar-refractivity contribution is -0.137. The molecular formula is C12H14ClNO4S. The maximum Gasteiger partial charge on any atom is 0.303 e. The Morgan fingerprint density at radius 1 is 1.37 bits per heavy atom. The van der Waals surface area contributed by atoms with Crippen LogP contribution in [0.15, 0.2) is 29.2 Å². The summed E-state index contributed by atoms with van der Waals surface area (Å²) in [6, 6.07) is 5.98. The summed E-state index contributed by atoms with van der Waals surface area (Å²) < 4.78 is 26.0. The Kier molecular flexibility index (Phi) is 4.13. The van der Waals surface area contributed by atoms with Crippen LogP contribution in [-0.2, 0) is 14.8 Å². The molecule has 1 unspecified atom stereocenters. The third kappa shape index (κ3) is 3.26. The van der Waals surface area contributed by atoms with Crippen LogP contribution in [0.5, 0.6) is 0 Å². The summed E-state index contributed by atoms with van der Waals surface area (Å²) in [5, 5.41) is 9.20. The number of carbonyl (C=O) groups is 1. The van der Waals surface area contributed by atoms with Crippen LogP contribution in [-0.4, -0.2) is 36.9 Å². The largest absolute Gasteiger partial charge is 0.481 e. The van der Waals surface area contributed by atoms with Crippen molar-refractivity contribution in [3.05, 3.63) is 29.3 Å². The average molecular weight is 304 g/mol. The standard InChI is InChI=1S/C12H14ClNO4S/c13-10-1-3-11(4-2-10)19(17,18)14-6-5-9(8-14)7-12(15)16/h1-4,9H,5-8H2,(H,15,16). The molecule has 1 aliphatic rings. The highest BCUT2D eigenvalue weighted by Crippen LogP contribution is 2.26. The molecule has 0 amide bonds. The van der Waals surface area contributed by atoms with Crippen LogP contribution in [0.1, 0.15) is 12.8 Å². The average Bonchev–Trinajstić information content (AvgIpc) is 2.78. The first-order chi connectivity index (χ1) is 8.89. The van der Waals surface area contributed by atoms with Gasteiger partial charge in [0.25, 0.3) is 0 Å². The van der Waals surface area contributed by atoms with Gasteiger partial charge < -0.3 is 5.11 Å². The van der Waals surface area contributed by atoms with E-state index in [-0.39, 0.29) is 23.8 Å². The number of benzene rings is 1. The minimum absolute atomic E-state index is 0.00659. The van der Waals surface area contributed by atoms with Gasteiger partial charge in [0.15, 0.2) is 0 Å². The highest BCUT2D eigenvalue weighted by molar-refractivity contribution is 7.89. The fourth-order valence-corrected chi connectivity index (χ4v) is 3.84. The summed E-state index contributed by atoms with van der Waals surface area (Å²) in [5.74, 6) is -1.00. The topological polar surface area (TPSA) is 74.7 Å². The Morgan fingerprint density at radius 3 is 2.58 bits per heavy atom. The van der Waals surface area contributed by atoms with Crippen molar-refractivity contribution in [1.82, 2.24) is 4.31 Å². The van der Waals surface area contributed by atoms with Crippen molar-refractivity contribution in [3.8, 4) is 0 Å². The van der Waals surface area contributed by atoms with Crippen LogP contribution >= 0.6 is 11.6 Å². The second-order valence-electron chi connectivity index (χ2n) is 4.57. The summed E-state index contributed by atoms with van der Waals surface area (Å²) in [4.78, 5) is 10.8. The number of halogens is 1. The predicted octanol–water partition coefficient (Wildman–Crippen LogP) is 1.83. The summed E-state index contributed by atoms with van der Waals surface area (Å²) in [6.45, 7) is 0.625. The Morgan fingerprint density at radius 2 is 2.00 bits per heavy atom. The number of carboxylic acid groups (broad SMARTS) is 1. The van der Waals surface area contributed by atoms with Crippen LogP contribution in [0.4, 0.5) is 0 Å². The Labute approximate surface area is 116 Å². The van der Waals surface area contributed by atoms with E-state index < -0.39 is 16.0 Å². The molecule has 1 atom stereocenters. The van der Waals surface area contributed by atoms with Crippen molar-refractivity contribution in [2.75, 3.05) is 13.1 Å². The van der Waals surface area contributed by atoms with E-state index in [4.69, 9.17) is 16.7 Å². The first-order valence-corrected chi connectivity index (χ1v) is 7.69. The molecule has 0 aromatic heterocycles. The lowest BCUT2D eigenvalue weighted by atomic mass is 10.1. The van der Waals surface area contributed by atoms with Crippen molar-refractivity contribution >= 4 is 27.6 Å². The zero-order valence-corrected chi connectivity index (χ0v) is 11.7. The number of sulfonamides is 1. The van der Waals surface area contributed by atoms with Crippen LogP contribution in [0, 0.1) is 5.92 Å². The van der Waals surface area contributed by atoms with Gasteiger partial charge in [-0.25, -0.2) is 8.42 Å². The monoisotopic (exact) mass is 303 g/mol. The minimum Gasteiger partial charge on any atom is -0.481 e. The molecule has 0 aliphatic carbocycles. The zero-order valence-electron chi connectivity index (χ0n) is 10.1. The highest BCUT2D eigenvalue weighted by atomic mass is 35.5. The van der Waals surface area contributed by atoms with E-state index in [0.717, 1.165) is 0 Å². The van der Waals surface area contributed by atoms with Gasteiger partial charge in [0, 0.05) is 24.5 Å². The van der Waals surface area contributed by atoms with Crippen LogP contribution < -0.4 is 0 Å². The van der Waals surface area contributed by atoms with Crippen molar-refractivity contribution < 1.29 is 18.3 Å².